The largest absolute Gasteiger partial charge is 0.508 e. The maximum Gasteiger partial charge on any atom is 0.307 e. The molecule has 3 aliphatic rings. The first-order valence-electron chi connectivity index (χ1n) is 17.1. The molecule has 0 amide bonds. The zero-order chi connectivity index (χ0) is 30.9. The number of fused-ring (bicyclic) bond motifs is 3. The minimum Gasteiger partial charge on any atom is -0.508 e. The van der Waals surface area contributed by atoms with E-state index in [-0.39, 0.29) is 18.3 Å². The van der Waals surface area contributed by atoms with Crippen LogP contribution in [0.4, 0.5) is 0 Å². The Kier molecular flexibility index (Phi) is 11.4. The van der Waals surface area contributed by atoms with Crippen LogP contribution in [-0.4, -0.2) is 39.1 Å². The Labute approximate surface area is 263 Å². The van der Waals surface area contributed by atoms with E-state index in [2.05, 4.69) is 54.6 Å². The fraction of sp³-hybridized carbons (Fsp3) is 0.564. The summed E-state index contributed by atoms with van der Waals surface area (Å²) in [4.78, 5) is 12.8. The van der Waals surface area contributed by atoms with Crippen molar-refractivity contribution in [3.63, 3.8) is 0 Å². The molecule has 1 fully saturated rings. The minimum atomic E-state index is -0.773. The normalized spacial score (nSPS) is 29.9. The summed E-state index contributed by atoms with van der Waals surface area (Å²) in [5.74, 6) is 0.245. The van der Waals surface area contributed by atoms with Crippen molar-refractivity contribution in [2.75, 3.05) is 6.61 Å². The van der Waals surface area contributed by atoms with Gasteiger partial charge in [0.05, 0.1) is 18.6 Å². The first-order valence-corrected chi connectivity index (χ1v) is 17.1. The van der Waals surface area contributed by atoms with E-state index in [0.717, 1.165) is 56.9 Å². The standard InChI is InChI=1S/C39H52O5/c40-27-30-17-16-28(23-30)9-3-1-2-4-11-31-12-5-6-15-37(38(43)44)39(22-8-14-35(42)26-39)33-13-7-10-29(24-33)25-36(31)32-18-20-34(41)21-19-32/h5-7,10,13,18-21,23-24,28,31,35-37,40-42H,1-4,8-9,11-12,14-17,22,25-27H2,(H,43,44)/b6-5-/t28-,31+,35+,36+,37-,39+/m0/s1. The lowest BCUT2D eigenvalue weighted by atomic mass is 9.60. The van der Waals surface area contributed by atoms with Crippen molar-refractivity contribution in [2.45, 2.75) is 114 Å². The molecule has 5 rings (SSSR count). The highest BCUT2D eigenvalue weighted by Gasteiger charge is 2.47. The summed E-state index contributed by atoms with van der Waals surface area (Å²) >= 11 is 0. The number of benzene rings is 2. The van der Waals surface area contributed by atoms with Gasteiger partial charge in [0.2, 0.25) is 0 Å². The molecule has 5 heteroatoms. The number of hydrogen-bond donors (Lipinski definition) is 4. The predicted molar refractivity (Wildman–Crippen MR) is 176 cm³/mol. The van der Waals surface area contributed by atoms with Crippen LogP contribution in [0.3, 0.4) is 0 Å². The maximum atomic E-state index is 12.8. The van der Waals surface area contributed by atoms with Crippen LogP contribution in [0.15, 0.2) is 72.3 Å². The number of allylic oxidation sites excluding steroid dienone is 3. The number of hydrogen-bond acceptors (Lipinski definition) is 4. The van der Waals surface area contributed by atoms with Crippen LogP contribution in [0.1, 0.15) is 112 Å². The van der Waals surface area contributed by atoms with E-state index >= 15 is 0 Å². The third-order valence-corrected chi connectivity index (χ3v) is 11.0. The molecule has 5 nitrogen and oxygen atoms in total. The van der Waals surface area contributed by atoms with Gasteiger partial charge in [0.25, 0.3) is 0 Å². The van der Waals surface area contributed by atoms with Gasteiger partial charge in [-0.15, -0.1) is 0 Å². The van der Waals surface area contributed by atoms with Crippen molar-refractivity contribution in [3.8, 4) is 5.75 Å². The second kappa shape index (κ2) is 15.4. The zero-order valence-electron chi connectivity index (χ0n) is 26.2. The molecule has 0 aliphatic heterocycles. The molecule has 3 aliphatic carbocycles. The van der Waals surface area contributed by atoms with Gasteiger partial charge in [0, 0.05) is 5.41 Å². The van der Waals surface area contributed by atoms with E-state index < -0.39 is 23.4 Å². The molecular weight excluding hydrogens is 548 g/mol. The monoisotopic (exact) mass is 600 g/mol. The van der Waals surface area contributed by atoms with Crippen molar-refractivity contribution >= 4 is 5.97 Å². The van der Waals surface area contributed by atoms with Crippen molar-refractivity contribution in [2.24, 2.45) is 17.8 Å². The van der Waals surface area contributed by atoms with Gasteiger partial charge in [-0.25, -0.2) is 0 Å². The van der Waals surface area contributed by atoms with Crippen molar-refractivity contribution in [3.05, 3.63) is 89.0 Å². The first kappa shape index (κ1) is 32.5. The number of phenols is 1. The van der Waals surface area contributed by atoms with Crippen molar-refractivity contribution in [1.29, 1.82) is 0 Å². The van der Waals surface area contributed by atoms with E-state index in [1.165, 1.54) is 48.8 Å². The average molecular weight is 601 g/mol. The fourth-order valence-electron chi connectivity index (χ4n) is 8.54. The van der Waals surface area contributed by atoms with Gasteiger partial charge >= 0.3 is 5.97 Å². The molecule has 4 N–H and O–H groups in total. The fourth-order valence-corrected chi connectivity index (χ4v) is 8.54. The Morgan fingerprint density at radius 1 is 0.932 bits per heavy atom. The summed E-state index contributed by atoms with van der Waals surface area (Å²) in [5, 5.41) is 40.7. The number of carbonyl (C=O) groups is 1. The second-order valence-corrected chi connectivity index (χ2v) is 13.9. The van der Waals surface area contributed by atoms with Crippen LogP contribution in [0.25, 0.3) is 0 Å². The Morgan fingerprint density at radius 2 is 1.70 bits per heavy atom. The Morgan fingerprint density at radius 3 is 2.43 bits per heavy atom. The number of phenolic OH excluding ortho intramolecular Hbond substituents is 1. The predicted octanol–water partition coefficient (Wildman–Crippen LogP) is 8.23. The average Bonchev–Trinajstić information content (AvgIpc) is 3.48. The van der Waals surface area contributed by atoms with E-state index in [1.807, 2.05) is 0 Å². The lowest BCUT2D eigenvalue weighted by Crippen LogP contribution is -2.45. The number of aliphatic carboxylic acids is 1. The smallest absolute Gasteiger partial charge is 0.307 e. The Bertz CT molecular complexity index is 1280. The van der Waals surface area contributed by atoms with E-state index in [9.17, 15) is 25.2 Å². The second-order valence-electron chi connectivity index (χ2n) is 13.9. The van der Waals surface area contributed by atoms with Gasteiger partial charge in [0.1, 0.15) is 5.75 Å². The van der Waals surface area contributed by atoms with Crippen LogP contribution in [0, 0.1) is 17.8 Å². The van der Waals surface area contributed by atoms with E-state index in [4.69, 9.17) is 0 Å². The number of carboxylic acid groups (broad SMARTS) is 1. The Balaban J connectivity index is 1.36. The number of aliphatic hydroxyl groups is 2. The third-order valence-electron chi connectivity index (χ3n) is 11.0. The highest BCUT2D eigenvalue weighted by Crippen LogP contribution is 2.48. The van der Waals surface area contributed by atoms with Gasteiger partial charge < -0.3 is 20.4 Å². The molecule has 0 unspecified atom stereocenters. The number of rotatable bonds is 10. The van der Waals surface area contributed by atoms with Gasteiger partial charge in [0.15, 0.2) is 0 Å². The van der Waals surface area contributed by atoms with Crippen LogP contribution in [0.2, 0.25) is 0 Å². The molecule has 2 aromatic rings. The highest BCUT2D eigenvalue weighted by molar-refractivity contribution is 5.73. The van der Waals surface area contributed by atoms with Crippen LogP contribution < -0.4 is 0 Å². The summed E-state index contributed by atoms with van der Waals surface area (Å²) < 4.78 is 0. The lowest BCUT2D eigenvalue weighted by Gasteiger charge is -2.44. The zero-order valence-corrected chi connectivity index (χ0v) is 26.2. The van der Waals surface area contributed by atoms with Gasteiger partial charge in [-0.2, -0.15) is 0 Å². The molecule has 2 bridgehead atoms. The number of carboxylic acids is 1. The summed E-state index contributed by atoms with van der Waals surface area (Å²) in [6, 6.07) is 16.3. The summed E-state index contributed by atoms with van der Waals surface area (Å²) in [6.45, 7) is 0.208. The Hall–Kier alpha value is -2.89. The van der Waals surface area contributed by atoms with E-state index in [0.29, 0.717) is 24.7 Å². The number of aromatic hydroxyl groups is 1. The third kappa shape index (κ3) is 8.03. The molecule has 238 valence electrons. The lowest BCUT2D eigenvalue weighted by molar-refractivity contribution is -0.145. The van der Waals surface area contributed by atoms with Gasteiger partial charge in [-0.3, -0.25) is 4.79 Å². The molecule has 6 atom stereocenters. The molecule has 1 saturated carbocycles. The molecule has 44 heavy (non-hydrogen) atoms. The van der Waals surface area contributed by atoms with E-state index in [1.54, 1.807) is 12.1 Å². The van der Waals surface area contributed by atoms with Crippen molar-refractivity contribution < 1.29 is 25.2 Å². The molecule has 1 spiro atoms. The van der Waals surface area contributed by atoms with Crippen LogP contribution >= 0.6 is 0 Å². The molecule has 2 aromatic carbocycles. The topological polar surface area (TPSA) is 98.0 Å². The maximum absolute atomic E-state index is 12.8. The highest BCUT2D eigenvalue weighted by atomic mass is 16.4. The summed E-state index contributed by atoms with van der Waals surface area (Å²) in [5.41, 5.74) is 4.13. The van der Waals surface area contributed by atoms with Crippen LogP contribution in [0.5, 0.6) is 5.75 Å². The SMILES string of the molecule is O=C(O)[C@@H]1C/C=C\C[C@@H](CCCCCC[C@@H]2C=C(CO)CC2)[C@H](c2ccc(O)cc2)Cc2cccc(c2)[C@]12CCC[C@@H](O)C2. The van der Waals surface area contributed by atoms with Crippen molar-refractivity contribution in [1.82, 2.24) is 0 Å². The number of aliphatic hydroxyl groups excluding tert-OH is 2. The summed E-state index contributed by atoms with van der Waals surface area (Å²) in [6.07, 6.45) is 20.6. The molecule has 0 saturated heterocycles. The minimum absolute atomic E-state index is 0.208. The van der Waals surface area contributed by atoms with Gasteiger partial charge in [-0.1, -0.05) is 80.3 Å². The quantitative estimate of drug-likeness (QED) is 0.163. The molecule has 0 radical (unpaired) electrons. The molecule has 0 aromatic heterocycles. The summed E-state index contributed by atoms with van der Waals surface area (Å²) in [7, 11) is 0. The van der Waals surface area contributed by atoms with Gasteiger partial charge in [-0.05, 0) is 123 Å². The molecule has 0 heterocycles. The molecular formula is C39H52O5. The number of unbranched alkanes of at least 4 members (excludes halogenated alkanes) is 3. The van der Waals surface area contributed by atoms with Crippen LogP contribution in [-0.2, 0) is 16.6 Å². The first-order chi connectivity index (χ1) is 21.4.